The first-order valence-electron chi connectivity index (χ1n) is 7.04. The Hall–Kier alpha value is -2.01. The van der Waals surface area contributed by atoms with Gasteiger partial charge in [-0.3, -0.25) is 20.4 Å². The molecule has 0 saturated carbocycles. The molecule has 0 fully saturated rings. The van der Waals surface area contributed by atoms with Gasteiger partial charge in [0.1, 0.15) is 0 Å². The number of carbonyl (C=O) groups is 2. The summed E-state index contributed by atoms with van der Waals surface area (Å²) in [5.41, 5.74) is 5.64. The number of thioether (sulfide) groups is 1. The number of hydrogen-bond acceptors (Lipinski definition) is 7. The van der Waals surface area contributed by atoms with Crippen LogP contribution in [0.25, 0.3) is 5.69 Å². The number of para-hydroxylation sites is 1. The quantitative estimate of drug-likeness (QED) is 0.385. The van der Waals surface area contributed by atoms with Crippen LogP contribution in [0.2, 0.25) is 0 Å². The van der Waals surface area contributed by atoms with E-state index < -0.39 is 0 Å². The highest BCUT2D eigenvalue weighted by Gasteiger charge is 2.11. The molecular formula is C15H12N4O2S4. The van der Waals surface area contributed by atoms with Gasteiger partial charge >= 0.3 is 0 Å². The number of rotatable bonds is 5. The van der Waals surface area contributed by atoms with Crippen molar-refractivity contribution in [2.45, 2.75) is 4.34 Å². The molecule has 25 heavy (non-hydrogen) atoms. The highest BCUT2D eigenvalue weighted by atomic mass is 32.2. The van der Waals surface area contributed by atoms with Crippen LogP contribution in [0.1, 0.15) is 9.67 Å². The van der Waals surface area contributed by atoms with Crippen LogP contribution in [0, 0.1) is 3.95 Å². The lowest BCUT2D eigenvalue weighted by molar-refractivity contribution is -0.119. The average molecular weight is 409 g/mol. The van der Waals surface area contributed by atoms with E-state index in [-0.39, 0.29) is 17.6 Å². The summed E-state index contributed by atoms with van der Waals surface area (Å²) in [7, 11) is 0. The number of carbonyl (C=O) groups excluding carboxylic acids is 2. The number of hydrazine groups is 1. The smallest absolute Gasteiger partial charge is 0.272 e. The molecule has 0 atom stereocenters. The molecule has 6 nitrogen and oxygen atoms in total. The molecule has 10 heteroatoms. The van der Waals surface area contributed by atoms with Gasteiger partial charge in [0.15, 0.2) is 8.29 Å². The summed E-state index contributed by atoms with van der Waals surface area (Å²) in [6.45, 7) is 0. The van der Waals surface area contributed by atoms with Gasteiger partial charge in [-0.05, 0) is 35.8 Å². The molecule has 2 amide bonds. The van der Waals surface area contributed by atoms with Crippen molar-refractivity contribution in [3.05, 3.63) is 56.7 Å². The standard InChI is InChI=1S/C15H12N4O2S4/c20-12(16-17-13(21)11-7-4-8-23-11)9-24-14-18-19(15(22)25-14)10-5-2-1-3-6-10/h1-8H,9H2,(H,16,20)(H,17,21). The van der Waals surface area contributed by atoms with E-state index in [0.717, 1.165) is 5.69 Å². The van der Waals surface area contributed by atoms with Crippen molar-refractivity contribution >= 4 is 58.5 Å². The van der Waals surface area contributed by atoms with Gasteiger partial charge in [-0.1, -0.05) is 47.4 Å². The first-order chi connectivity index (χ1) is 12.1. The molecule has 1 aromatic carbocycles. The molecule has 2 N–H and O–H groups in total. The molecule has 2 heterocycles. The fourth-order valence-corrected chi connectivity index (χ4v) is 4.59. The minimum Gasteiger partial charge on any atom is -0.272 e. The second-order valence-corrected chi connectivity index (χ2v) is 8.44. The van der Waals surface area contributed by atoms with E-state index in [1.165, 1.54) is 34.4 Å². The van der Waals surface area contributed by atoms with Crippen LogP contribution in [-0.4, -0.2) is 27.3 Å². The number of hydrogen-bond donors (Lipinski definition) is 2. The Labute approximate surface area is 160 Å². The van der Waals surface area contributed by atoms with E-state index >= 15 is 0 Å². The first kappa shape index (κ1) is 17.8. The van der Waals surface area contributed by atoms with Crippen molar-refractivity contribution < 1.29 is 9.59 Å². The molecule has 128 valence electrons. The summed E-state index contributed by atoms with van der Waals surface area (Å²) in [6.07, 6.45) is 0. The van der Waals surface area contributed by atoms with E-state index in [9.17, 15) is 9.59 Å². The van der Waals surface area contributed by atoms with E-state index in [2.05, 4.69) is 16.0 Å². The van der Waals surface area contributed by atoms with Crippen molar-refractivity contribution in [1.82, 2.24) is 20.6 Å². The summed E-state index contributed by atoms with van der Waals surface area (Å²) < 4.78 is 2.97. The molecule has 0 spiro atoms. The zero-order valence-corrected chi connectivity index (χ0v) is 15.9. The van der Waals surface area contributed by atoms with Gasteiger partial charge in [0.05, 0.1) is 16.3 Å². The van der Waals surface area contributed by atoms with Crippen LogP contribution >= 0.6 is 46.7 Å². The number of amides is 2. The van der Waals surface area contributed by atoms with Crippen LogP contribution in [0.3, 0.4) is 0 Å². The zero-order valence-electron chi connectivity index (χ0n) is 12.7. The summed E-state index contributed by atoms with van der Waals surface area (Å²) in [5.74, 6) is -0.526. The lowest BCUT2D eigenvalue weighted by atomic mass is 10.3. The molecule has 0 bridgehead atoms. The fraction of sp³-hybridized carbons (Fsp3) is 0.0667. The Balaban J connectivity index is 1.53. The largest absolute Gasteiger partial charge is 0.279 e. The van der Waals surface area contributed by atoms with E-state index in [1.54, 1.807) is 22.2 Å². The summed E-state index contributed by atoms with van der Waals surface area (Å²) >= 11 is 9.22. The number of thiophene rings is 1. The molecule has 3 aromatic rings. The number of nitrogens with zero attached hydrogens (tertiary/aromatic N) is 2. The monoisotopic (exact) mass is 408 g/mol. The van der Waals surface area contributed by atoms with Gasteiger partial charge in [0.25, 0.3) is 5.91 Å². The minimum atomic E-state index is -0.336. The molecule has 0 aliphatic rings. The van der Waals surface area contributed by atoms with Gasteiger partial charge in [-0.2, -0.15) is 0 Å². The predicted molar refractivity (Wildman–Crippen MR) is 103 cm³/mol. The molecular weight excluding hydrogens is 396 g/mol. The highest BCUT2D eigenvalue weighted by Crippen LogP contribution is 2.23. The average Bonchev–Trinajstić information content (AvgIpc) is 3.28. The molecule has 0 unspecified atom stereocenters. The van der Waals surface area contributed by atoms with Crippen LogP contribution in [0.5, 0.6) is 0 Å². The van der Waals surface area contributed by atoms with Gasteiger partial charge in [-0.25, -0.2) is 4.68 Å². The Morgan fingerprint density at radius 3 is 2.68 bits per heavy atom. The lowest BCUT2D eigenvalue weighted by Crippen LogP contribution is -2.42. The molecule has 0 radical (unpaired) electrons. The third kappa shape index (κ3) is 4.75. The van der Waals surface area contributed by atoms with Crippen molar-refractivity contribution in [2.24, 2.45) is 0 Å². The second-order valence-electron chi connectivity index (χ2n) is 4.65. The highest BCUT2D eigenvalue weighted by molar-refractivity contribution is 8.01. The number of nitrogens with one attached hydrogen (secondary N) is 2. The fourth-order valence-electron chi connectivity index (χ4n) is 1.81. The molecule has 0 aliphatic carbocycles. The normalized spacial score (nSPS) is 10.4. The lowest BCUT2D eigenvalue weighted by Gasteiger charge is -2.05. The molecule has 3 rings (SSSR count). The van der Waals surface area contributed by atoms with Gasteiger partial charge in [-0.15, -0.1) is 16.4 Å². The maximum atomic E-state index is 11.9. The number of benzene rings is 1. The first-order valence-corrected chi connectivity index (χ1v) is 10.1. The maximum absolute atomic E-state index is 11.9. The topological polar surface area (TPSA) is 76.0 Å². The Bertz CT molecular complexity index is 919. The van der Waals surface area contributed by atoms with Crippen molar-refractivity contribution in [3.8, 4) is 5.69 Å². The van der Waals surface area contributed by atoms with Crippen LogP contribution in [0.15, 0.2) is 52.2 Å². The minimum absolute atomic E-state index is 0.127. The summed E-state index contributed by atoms with van der Waals surface area (Å²) in [6, 6.07) is 13.0. The van der Waals surface area contributed by atoms with E-state index in [1.807, 2.05) is 30.3 Å². The summed E-state index contributed by atoms with van der Waals surface area (Å²) in [4.78, 5) is 24.1. The van der Waals surface area contributed by atoms with Crippen molar-refractivity contribution in [1.29, 1.82) is 0 Å². The zero-order chi connectivity index (χ0) is 17.6. The SMILES string of the molecule is O=C(CSc1nn(-c2ccccc2)c(=S)s1)NNC(=O)c1cccs1. The molecule has 0 aliphatic heterocycles. The van der Waals surface area contributed by atoms with Gasteiger partial charge in [0.2, 0.25) is 5.91 Å². The van der Waals surface area contributed by atoms with Crippen molar-refractivity contribution in [2.75, 3.05) is 5.75 Å². The molecule has 0 saturated heterocycles. The van der Waals surface area contributed by atoms with Gasteiger partial charge in [0, 0.05) is 0 Å². The number of aromatic nitrogens is 2. The van der Waals surface area contributed by atoms with Crippen LogP contribution in [0.4, 0.5) is 0 Å². The summed E-state index contributed by atoms with van der Waals surface area (Å²) in [5, 5.41) is 6.21. The second kappa shape index (κ2) is 8.39. The third-order valence-electron chi connectivity index (χ3n) is 2.92. The Morgan fingerprint density at radius 1 is 1.16 bits per heavy atom. The van der Waals surface area contributed by atoms with Gasteiger partial charge < -0.3 is 0 Å². The van der Waals surface area contributed by atoms with E-state index in [4.69, 9.17) is 12.2 Å². The Morgan fingerprint density at radius 2 is 1.96 bits per heavy atom. The maximum Gasteiger partial charge on any atom is 0.279 e. The third-order valence-corrected chi connectivity index (χ3v) is 6.15. The predicted octanol–water partition coefficient (Wildman–Crippen LogP) is 3.28. The van der Waals surface area contributed by atoms with Crippen molar-refractivity contribution in [3.63, 3.8) is 0 Å². The molecule has 2 aromatic heterocycles. The van der Waals surface area contributed by atoms with Crippen LogP contribution < -0.4 is 10.9 Å². The van der Waals surface area contributed by atoms with Crippen LogP contribution in [-0.2, 0) is 4.79 Å². The van der Waals surface area contributed by atoms with E-state index in [0.29, 0.717) is 13.2 Å². The Kier molecular flexibility index (Phi) is 5.97.